The average molecular weight is 308 g/mol. The number of aromatic nitrogens is 6. The fourth-order valence-electron chi connectivity index (χ4n) is 2.55. The van der Waals surface area contributed by atoms with Crippen LogP contribution in [0.3, 0.4) is 0 Å². The molecule has 0 spiro atoms. The molecule has 1 aromatic carbocycles. The predicted octanol–water partition coefficient (Wildman–Crippen LogP) is 1.99. The van der Waals surface area contributed by atoms with Crippen molar-refractivity contribution in [1.29, 1.82) is 0 Å². The van der Waals surface area contributed by atoms with Crippen molar-refractivity contribution in [3.63, 3.8) is 0 Å². The van der Waals surface area contributed by atoms with E-state index in [1.807, 2.05) is 38.2 Å². The van der Waals surface area contributed by atoms with Crippen LogP contribution in [0.25, 0.3) is 22.1 Å². The molecule has 116 valence electrons. The number of nitrogens with two attached hydrogens (primary N) is 1. The number of nitrogens with one attached hydrogen (secondary N) is 2. The maximum Gasteiger partial charge on any atom is 0.227 e. The summed E-state index contributed by atoms with van der Waals surface area (Å²) < 4.78 is 1.67. The summed E-state index contributed by atoms with van der Waals surface area (Å²) in [4.78, 5) is 16.6. The van der Waals surface area contributed by atoms with Crippen molar-refractivity contribution in [3.8, 4) is 0 Å². The Morgan fingerprint density at radius 1 is 1.22 bits per heavy atom. The monoisotopic (exact) mass is 308 g/mol. The van der Waals surface area contributed by atoms with E-state index in [0.717, 1.165) is 22.2 Å². The van der Waals surface area contributed by atoms with Crippen LogP contribution in [-0.4, -0.2) is 29.7 Å². The maximum absolute atomic E-state index is 5.98. The lowest BCUT2D eigenvalue weighted by Crippen LogP contribution is -2.12. The van der Waals surface area contributed by atoms with Gasteiger partial charge in [-0.15, -0.1) is 0 Å². The molecule has 0 fully saturated rings. The number of nitrogens with zero attached hydrogens (tertiary/aromatic N) is 5. The summed E-state index contributed by atoms with van der Waals surface area (Å²) in [7, 11) is 1.82. The van der Waals surface area contributed by atoms with Crippen molar-refractivity contribution in [2.75, 3.05) is 11.1 Å². The van der Waals surface area contributed by atoms with Crippen LogP contribution in [0.4, 0.5) is 11.8 Å². The molecule has 0 aliphatic heterocycles. The van der Waals surface area contributed by atoms with Gasteiger partial charge < -0.3 is 16.0 Å². The Balaban J connectivity index is 1.67. The van der Waals surface area contributed by atoms with Gasteiger partial charge in [0.2, 0.25) is 5.95 Å². The first-order valence-electron chi connectivity index (χ1n) is 7.28. The first-order valence-corrected chi connectivity index (χ1v) is 7.28. The number of H-pyrrole nitrogens is 1. The number of benzene rings is 1. The third kappa shape index (κ3) is 2.24. The number of nitrogen functional groups attached to an aromatic ring is 1. The summed E-state index contributed by atoms with van der Waals surface area (Å²) in [5.41, 5.74) is 8.60. The van der Waals surface area contributed by atoms with E-state index >= 15 is 0 Å². The van der Waals surface area contributed by atoms with E-state index in [4.69, 9.17) is 5.73 Å². The topological polar surface area (TPSA) is 110 Å². The molecular formula is C15H16N8. The Kier molecular flexibility index (Phi) is 2.90. The highest BCUT2D eigenvalue weighted by Gasteiger charge is 2.14. The average Bonchev–Trinajstić information content (AvgIpc) is 3.12. The van der Waals surface area contributed by atoms with Gasteiger partial charge in [-0.25, -0.2) is 4.98 Å². The molecule has 1 unspecified atom stereocenters. The minimum absolute atomic E-state index is 0.0903. The maximum atomic E-state index is 5.98. The van der Waals surface area contributed by atoms with Gasteiger partial charge in [-0.05, 0) is 19.1 Å². The second-order valence-electron chi connectivity index (χ2n) is 5.44. The third-order valence-corrected chi connectivity index (χ3v) is 3.79. The number of hydrogen-bond acceptors (Lipinski definition) is 6. The molecule has 0 aliphatic rings. The van der Waals surface area contributed by atoms with Crippen LogP contribution in [0.15, 0.2) is 30.5 Å². The molecule has 0 amide bonds. The molecule has 8 heteroatoms. The van der Waals surface area contributed by atoms with Crippen LogP contribution in [0.5, 0.6) is 0 Å². The van der Waals surface area contributed by atoms with E-state index in [0.29, 0.717) is 17.4 Å². The summed E-state index contributed by atoms with van der Waals surface area (Å²) in [6, 6.07) is 7.81. The van der Waals surface area contributed by atoms with Crippen molar-refractivity contribution in [1.82, 2.24) is 29.7 Å². The Labute approximate surface area is 131 Å². The lowest BCUT2D eigenvalue weighted by atomic mass is 10.3. The summed E-state index contributed by atoms with van der Waals surface area (Å²) in [5.74, 6) is 1.67. The van der Waals surface area contributed by atoms with Crippen LogP contribution in [0.1, 0.15) is 18.8 Å². The Morgan fingerprint density at radius 2 is 2.04 bits per heavy atom. The number of aryl methyl sites for hydroxylation is 1. The lowest BCUT2D eigenvalue weighted by molar-refractivity contribution is 0.777. The highest BCUT2D eigenvalue weighted by molar-refractivity contribution is 5.86. The molecule has 4 aromatic rings. The first kappa shape index (κ1) is 13.5. The molecule has 0 saturated heterocycles. The number of hydrogen-bond donors (Lipinski definition) is 3. The molecule has 23 heavy (non-hydrogen) atoms. The minimum Gasteiger partial charge on any atom is -0.383 e. The molecule has 3 aromatic heterocycles. The van der Waals surface area contributed by atoms with Gasteiger partial charge in [-0.2, -0.15) is 15.1 Å². The summed E-state index contributed by atoms with van der Waals surface area (Å²) >= 11 is 0. The Morgan fingerprint density at radius 3 is 2.87 bits per heavy atom. The quantitative estimate of drug-likeness (QED) is 0.534. The van der Waals surface area contributed by atoms with Gasteiger partial charge in [0.1, 0.15) is 11.6 Å². The van der Waals surface area contributed by atoms with Gasteiger partial charge >= 0.3 is 0 Å². The fourth-order valence-corrected chi connectivity index (χ4v) is 2.55. The standard InChI is InChI=1S/C15H16N8/c1-8(13-19-10-5-3-4-6-11(10)20-13)18-15-21-12(16)9-7-17-23(2)14(9)22-15/h3-8H,1-2H3,(H,19,20)(H3,16,18,21,22). The highest BCUT2D eigenvalue weighted by atomic mass is 15.3. The van der Waals surface area contributed by atoms with Crippen molar-refractivity contribution in [2.45, 2.75) is 13.0 Å². The summed E-state index contributed by atoms with van der Waals surface area (Å²) in [5, 5.41) is 8.13. The van der Waals surface area contributed by atoms with E-state index in [2.05, 4.69) is 30.4 Å². The van der Waals surface area contributed by atoms with E-state index in [1.54, 1.807) is 10.9 Å². The smallest absolute Gasteiger partial charge is 0.227 e. The third-order valence-electron chi connectivity index (χ3n) is 3.79. The zero-order valence-corrected chi connectivity index (χ0v) is 12.8. The molecule has 4 rings (SSSR count). The van der Waals surface area contributed by atoms with Gasteiger partial charge in [-0.1, -0.05) is 12.1 Å². The molecule has 8 nitrogen and oxygen atoms in total. The van der Waals surface area contributed by atoms with Crippen LogP contribution < -0.4 is 11.1 Å². The van der Waals surface area contributed by atoms with Crippen LogP contribution in [-0.2, 0) is 7.05 Å². The van der Waals surface area contributed by atoms with Crippen LogP contribution in [0, 0.1) is 0 Å². The SMILES string of the molecule is CC(Nc1nc(N)c2cnn(C)c2n1)c1nc2ccccc2[nH]1. The molecule has 1 atom stereocenters. The zero-order valence-electron chi connectivity index (χ0n) is 12.8. The van der Waals surface area contributed by atoms with Gasteiger partial charge in [0, 0.05) is 7.05 Å². The first-order chi connectivity index (χ1) is 11.1. The van der Waals surface area contributed by atoms with Crippen molar-refractivity contribution in [2.24, 2.45) is 7.05 Å². The van der Waals surface area contributed by atoms with Gasteiger partial charge in [0.05, 0.1) is 28.7 Å². The fraction of sp³-hybridized carbons (Fsp3) is 0.200. The van der Waals surface area contributed by atoms with Crippen molar-refractivity contribution >= 4 is 33.8 Å². The second-order valence-corrected chi connectivity index (χ2v) is 5.44. The lowest BCUT2D eigenvalue weighted by Gasteiger charge is -2.11. The molecule has 4 N–H and O–H groups in total. The van der Waals surface area contributed by atoms with E-state index in [1.165, 1.54) is 0 Å². The zero-order chi connectivity index (χ0) is 16.0. The second kappa shape index (κ2) is 4.94. The summed E-state index contributed by atoms with van der Waals surface area (Å²) in [6.07, 6.45) is 1.66. The highest BCUT2D eigenvalue weighted by Crippen LogP contribution is 2.22. The number of anilines is 2. The normalized spacial score (nSPS) is 12.8. The van der Waals surface area contributed by atoms with E-state index < -0.39 is 0 Å². The Bertz CT molecular complexity index is 966. The van der Waals surface area contributed by atoms with Gasteiger partial charge in [0.25, 0.3) is 0 Å². The number of aromatic amines is 1. The Hall–Kier alpha value is -3.16. The summed E-state index contributed by atoms with van der Waals surface area (Å²) in [6.45, 7) is 1.99. The van der Waals surface area contributed by atoms with E-state index in [-0.39, 0.29) is 6.04 Å². The molecule has 0 radical (unpaired) electrons. The number of fused-ring (bicyclic) bond motifs is 2. The van der Waals surface area contributed by atoms with Crippen LogP contribution in [0.2, 0.25) is 0 Å². The molecule has 0 aliphatic carbocycles. The molecule has 0 saturated carbocycles. The van der Waals surface area contributed by atoms with Gasteiger partial charge in [0.15, 0.2) is 5.65 Å². The van der Waals surface area contributed by atoms with E-state index in [9.17, 15) is 0 Å². The molecule has 0 bridgehead atoms. The minimum atomic E-state index is -0.0903. The van der Waals surface area contributed by atoms with Crippen molar-refractivity contribution < 1.29 is 0 Å². The predicted molar refractivity (Wildman–Crippen MR) is 88.8 cm³/mol. The van der Waals surface area contributed by atoms with Crippen LogP contribution >= 0.6 is 0 Å². The van der Waals surface area contributed by atoms with Crippen molar-refractivity contribution in [3.05, 3.63) is 36.3 Å². The van der Waals surface area contributed by atoms with Gasteiger partial charge in [-0.3, -0.25) is 4.68 Å². The number of para-hydroxylation sites is 2. The molecular weight excluding hydrogens is 292 g/mol. The number of imidazole rings is 1. The largest absolute Gasteiger partial charge is 0.383 e. The molecule has 3 heterocycles. The number of rotatable bonds is 3.